The Balaban J connectivity index is 1.68. The lowest BCUT2D eigenvalue weighted by atomic mass is 10.4. The summed E-state index contributed by atoms with van der Waals surface area (Å²) in [6.07, 6.45) is 4.07. The molecule has 0 saturated heterocycles. The third-order valence-electron chi connectivity index (χ3n) is 2.68. The normalized spacial score (nSPS) is 10.7. The van der Waals surface area contributed by atoms with E-state index in [0.29, 0.717) is 29.9 Å². The van der Waals surface area contributed by atoms with Crippen molar-refractivity contribution in [3.8, 4) is 0 Å². The molecule has 2 rings (SSSR count). The molecule has 0 aliphatic rings. The summed E-state index contributed by atoms with van der Waals surface area (Å²) in [6.45, 7) is 1.79. The van der Waals surface area contributed by atoms with Crippen LogP contribution in [0.1, 0.15) is 12.2 Å². The van der Waals surface area contributed by atoms with Gasteiger partial charge in [0, 0.05) is 20.2 Å². The molecule has 108 valence electrons. The Morgan fingerprint density at radius 1 is 1.55 bits per heavy atom. The van der Waals surface area contributed by atoms with Crippen molar-refractivity contribution in [2.75, 3.05) is 18.5 Å². The fourth-order valence-electron chi connectivity index (χ4n) is 1.60. The van der Waals surface area contributed by atoms with E-state index in [1.807, 2.05) is 12.1 Å². The molecule has 0 aliphatic carbocycles. The van der Waals surface area contributed by atoms with Crippen LogP contribution in [0.2, 0.25) is 0 Å². The summed E-state index contributed by atoms with van der Waals surface area (Å²) >= 11 is 3.26. The number of rotatable bonds is 7. The maximum atomic E-state index is 11.6. The second-order valence-corrected chi connectivity index (χ2v) is 5.01. The number of hydrogen-bond donors (Lipinski definition) is 1. The zero-order valence-corrected chi connectivity index (χ0v) is 12.7. The highest BCUT2D eigenvalue weighted by Crippen LogP contribution is 2.15. The van der Waals surface area contributed by atoms with Crippen molar-refractivity contribution in [3.05, 3.63) is 45.2 Å². The predicted molar refractivity (Wildman–Crippen MR) is 78.6 cm³/mol. The van der Waals surface area contributed by atoms with Gasteiger partial charge >= 0.3 is 0 Å². The lowest BCUT2D eigenvalue weighted by molar-refractivity contribution is 0.106. The molecule has 0 aromatic carbocycles. The number of nitrogens with one attached hydrogen (secondary N) is 1. The Morgan fingerprint density at radius 2 is 2.40 bits per heavy atom. The summed E-state index contributed by atoms with van der Waals surface area (Å²) in [5.74, 6) is 0.816. The minimum atomic E-state index is -0.163. The lowest BCUT2D eigenvalue weighted by Gasteiger charge is -2.08. The van der Waals surface area contributed by atoms with Gasteiger partial charge < -0.3 is 14.5 Å². The molecule has 2 heterocycles. The molecular formula is C13H16BrN3O3. The third kappa shape index (κ3) is 3.94. The van der Waals surface area contributed by atoms with Gasteiger partial charge in [0.1, 0.15) is 16.8 Å². The minimum Gasteiger partial charge on any atom is -0.467 e. The van der Waals surface area contributed by atoms with Crippen LogP contribution >= 0.6 is 15.9 Å². The molecule has 6 nitrogen and oxygen atoms in total. The van der Waals surface area contributed by atoms with Gasteiger partial charge in [0.25, 0.3) is 5.56 Å². The summed E-state index contributed by atoms with van der Waals surface area (Å²) in [5, 5.41) is 7.10. The van der Waals surface area contributed by atoms with Crippen molar-refractivity contribution in [2.45, 2.75) is 13.0 Å². The van der Waals surface area contributed by atoms with Gasteiger partial charge in [-0.3, -0.25) is 4.79 Å². The van der Waals surface area contributed by atoms with Crippen LogP contribution in [0.15, 0.2) is 38.3 Å². The maximum Gasteiger partial charge on any atom is 0.282 e. The van der Waals surface area contributed by atoms with Crippen LogP contribution in [0.5, 0.6) is 0 Å². The van der Waals surface area contributed by atoms with Gasteiger partial charge in [-0.05, 0) is 34.5 Å². The SMILES string of the molecule is Cn1ncc(NCCCOCc2ccco2)c(Br)c1=O. The fourth-order valence-corrected chi connectivity index (χ4v) is 2.10. The quantitative estimate of drug-likeness (QED) is 0.781. The van der Waals surface area contributed by atoms with E-state index in [2.05, 4.69) is 26.3 Å². The molecule has 0 fully saturated rings. The third-order valence-corrected chi connectivity index (χ3v) is 3.45. The standard InChI is InChI=1S/C13H16BrN3O3/c1-17-13(18)12(14)11(8-16-17)15-5-3-6-19-9-10-4-2-7-20-10/h2,4,7-8,15H,3,5-6,9H2,1H3. The first-order chi connectivity index (χ1) is 9.68. The molecule has 1 N–H and O–H groups in total. The van der Waals surface area contributed by atoms with Gasteiger partial charge in [-0.15, -0.1) is 0 Å². The highest BCUT2D eigenvalue weighted by atomic mass is 79.9. The Hall–Kier alpha value is -1.60. The van der Waals surface area contributed by atoms with E-state index in [1.165, 1.54) is 4.68 Å². The maximum absolute atomic E-state index is 11.6. The van der Waals surface area contributed by atoms with Crippen molar-refractivity contribution in [3.63, 3.8) is 0 Å². The Morgan fingerprint density at radius 3 is 3.15 bits per heavy atom. The second kappa shape index (κ2) is 7.25. The van der Waals surface area contributed by atoms with E-state index in [9.17, 15) is 4.79 Å². The molecule has 0 radical (unpaired) electrons. The highest BCUT2D eigenvalue weighted by Gasteiger charge is 2.05. The summed E-state index contributed by atoms with van der Waals surface area (Å²) in [7, 11) is 1.61. The Kier molecular flexibility index (Phi) is 5.37. The number of halogens is 1. The zero-order chi connectivity index (χ0) is 14.4. The first-order valence-corrected chi connectivity index (χ1v) is 7.03. The van der Waals surface area contributed by atoms with Gasteiger partial charge in [-0.1, -0.05) is 0 Å². The van der Waals surface area contributed by atoms with Crippen molar-refractivity contribution < 1.29 is 9.15 Å². The summed E-state index contributed by atoms with van der Waals surface area (Å²) in [5.41, 5.74) is 0.531. The molecule has 20 heavy (non-hydrogen) atoms. The minimum absolute atomic E-state index is 0.163. The molecule has 0 saturated carbocycles. The smallest absolute Gasteiger partial charge is 0.282 e. The van der Waals surface area contributed by atoms with Crippen molar-refractivity contribution >= 4 is 21.6 Å². The molecular weight excluding hydrogens is 326 g/mol. The van der Waals surface area contributed by atoms with Crippen molar-refractivity contribution in [2.24, 2.45) is 7.05 Å². The zero-order valence-electron chi connectivity index (χ0n) is 11.1. The van der Waals surface area contributed by atoms with E-state index >= 15 is 0 Å². The van der Waals surface area contributed by atoms with Gasteiger partial charge in [0.2, 0.25) is 0 Å². The number of hydrogen-bond acceptors (Lipinski definition) is 5. The average Bonchev–Trinajstić information content (AvgIpc) is 2.95. The molecule has 0 aliphatic heterocycles. The van der Waals surface area contributed by atoms with Gasteiger partial charge in [-0.2, -0.15) is 5.10 Å². The number of furan rings is 1. The summed E-state index contributed by atoms with van der Waals surface area (Å²) in [6, 6.07) is 3.71. The molecule has 0 bridgehead atoms. The van der Waals surface area contributed by atoms with Crippen LogP contribution < -0.4 is 10.9 Å². The van der Waals surface area contributed by atoms with Crippen LogP contribution in [-0.4, -0.2) is 22.9 Å². The van der Waals surface area contributed by atoms with E-state index in [4.69, 9.17) is 9.15 Å². The number of aryl methyl sites for hydroxylation is 1. The van der Waals surface area contributed by atoms with Crippen LogP contribution in [0.4, 0.5) is 5.69 Å². The van der Waals surface area contributed by atoms with E-state index in [1.54, 1.807) is 19.5 Å². The van der Waals surface area contributed by atoms with Gasteiger partial charge in [0.05, 0.1) is 18.1 Å². The molecule has 0 spiro atoms. The molecule has 0 amide bonds. The molecule has 0 atom stereocenters. The molecule has 2 aromatic rings. The Labute approximate surface area is 124 Å². The summed E-state index contributed by atoms with van der Waals surface area (Å²) < 4.78 is 12.4. The van der Waals surface area contributed by atoms with Gasteiger partial charge in [-0.25, -0.2) is 4.68 Å². The van der Waals surface area contributed by atoms with Crippen LogP contribution in [0, 0.1) is 0 Å². The topological polar surface area (TPSA) is 69.3 Å². The first kappa shape index (κ1) is 14.8. The number of ether oxygens (including phenoxy) is 1. The average molecular weight is 342 g/mol. The van der Waals surface area contributed by atoms with Crippen LogP contribution in [-0.2, 0) is 18.4 Å². The van der Waals surface area contributed by atoms with Crippen LogP contribution in [0.25, 0.3) is 0 Å². The molecule has 0 unspecified atom stereocenters. The predicted octanol–water partition coefficient (Wildman–Crippen LogP) is 2.15. The van der Waals surface area contributed by atoms with Crippen LogP contribution in [0.3, 0.4) is 0 Å². The highest BCUT2D eigenvalue weighted by molar-refractivity contribution is 9.10. The number of anilines is 1. The Bertz CT molecular complexity index is 595. The second-order valence-electron chi connectivity index (χ2n) is 4.21. The van der Waals surface area contributed by atoms with Crippen molar-refractivity contribution in [1.82, 2.24) is 9.78 Å². The lowest BCUT2D eigenvalue weighted by Crippen LogP contribution is -2.21. The monoisotopic (exact) mass is 341 g/mol. The largest absolute Gasteiger partial charge is 0.467 e. The van der Waals surface area contributed by atoms with Gasteiger partial charge in [0.15, 0.2) is 0 Å². The number of aromatic nitrogens is 2. The molecule has 2 aromatic heterocycles. The van der Waals surface area contributed by atoms with Crippen molar-refractivity contribution in [1.29, 1.82) is 0 Å². The first-order valence-electron chi connectivity index (χ1n) is 6.24. The number of nitrogens with zero attached hydrogens (tertiary/aromatic N) is 2. The van der Waals surface area contributed by atoms with E-state index in [0.717, 1.165) is 12.2 Å². The van der Waals surface area contributed by atoms with E-state index < -0.39 is 0 Å². The fraction of sp³-hybridized carbons (Fsp3) is 0.385. The van der Waals surface area contributed by atoms with E-state index in [-0.39, 0.29) is 5.56 Å². The summed E-state index contributed by atoms with van der Waals surface area (Å²) in [4.78, 5) is 11.6. The molecule has 7 heteroatoms.